The van der Waals surface area contributed by atoms with Gasteiger partial charge >= 0.3 is 0 Å². The quantitative estimate of drug-likeness (QED) is 0.0627. The van der Waals surface area contributed by atoms with Gasteiger partial charge in [0.2, 0.25) is 0 Å². The minimum atomic E-state index is -0.147. The molecule has 0 N–H and O–H groups in total. The third kappa shape index (κ3) is 23.0. The Kier molecular flexibility index (Phi) is 23.8. The predicted octanol–water partition coefficient (Wildman–Crippen LogP) is 10.0. The highest BCUT2D eigenvalue weighted by molar-refractivity contribution is 9.09. The Hall–Kier alpha value is 0.840. The fourth-order valence-electron chi connectivity index (χ4n) is 4.29. The molecule has 6 atom stereocenters. The maximum atomic E-state index is 6.47. The fraction of sp³-hybridized carbons (Fsp3) is 1.00. The SMILES string of the molecule is CCCCCOC(CCCC(C)CC(C)Br)OC(CCCC(C)CC(C)Br)OCCCCC. The molecular formula is C28H56Br2O3. The molecule has 0 aromatic rings. The summed E-state index contributed by atoms with van der Waals surface area (Å²) in [7, 11) is 0. The van der Waals surface area contributed by atoms with Gasteiger partial charge in [0.1, 0.15) is 0 Å². The monoisotopic (exact) mass is 598 g/mol. The zero-order valence-electron chi connectivity index (χ0n) is 22.8. The van der Waals surface area contributed by atoms with Crippen molar-refractivity contribution in [3.8, 4) is 0 Å². The van der Waals surface area contributed by atoms with Crippen molar-refractivity contribution in [2.75, 3.05) is 13.2 Å². The second-order valence-electron chi connectivity index (χ2n) is 10.3. The van der Waals surface area contributed by atoms with Crippen molar-refractivity contribution in [3.05, 3.63) is 0 Å². The summed E-state index contributed by atoms with van der Waals surface area (Å²) in [5.41, 5.74) is 0. The number of ether oxygens (including phenoxy) is 3. The van der Waals surface area contributed by atoms with Gasteiger partial charge in [0.05, 0.1) is 0 Å². The molecule has 0 spiro atoms. The van der Waals surface area contributed by atoms with Crippen molar-refractivity contribution in [2.45, 2.75) is 154 Å². The highest BCUT2D eigenvalue weighted by atomic mass is 79.9. The van der Waals surface area contributed by atoms with Crippen molar-refractivity contribution in [1.82, 2.24) is 0 Å². The highest BCUT2D eigenvalue weighted by Gasteiger charge is 2.19. The molecule has 0 aliphatic heterocycles. The number of halogens is 2. The Bertz CT molecular complexity index is 371. The molecule has 6 unspecified atom stereocenters. The lowest BCUT2D eigenvalue weighted by molar-refractivity contribution is -0.250. The summed E-state index contributed by atoms with van der Waals surface area (Å²) < 4.78 is 18.9. The van der Waals surface area contributed by atoms with Crippen LogP contribution in [0.5, 0.6) is 0 Å². The lowest BCUT2D eigenvalue weighted by Gasteiger charge is -2.26. The average Bonchev–Trinajstić information content (AvgIpc) is 2.72. The van der Waals surface area contributed by atoms with Gasteiger partial charge in [-0.2, -0.15) is 0 Å². The molecule has 3 nitrogen and oxygen atoms in total. The Balaban J connectivity index is 4.76. The summed E-state index contributed by atoms with van der Waals surface area (Å²) in [4.78, 5) is 1.17. The van der Waals surface area contributed by atoms with Gasteiger partial charge in [0, 0.05) is 22.9 Å². The van der Waals surface area contributed by atoms with Crippen LogP contribution in [0.25, 0.3) is 0 Å². The first kappa shape index (κ1) is 33.8. The number of unbranched alkanes of at least 4 members (excludes halogenated alkanes) is 4. The maximum Gasteiger partial charge on any atom is 0.160 e. The van der Waals surface area contributed by atoms with E-state index in [0.29, 0.717) is 9.65 Å². The van der Waals surface area contributed by atoms with Crippen LogP contribution in [0.4, 0.5) is 0 Å². The Morgan fingerprint density at radius 3 is 1.27 bits per heavy atom. The van der Waals surface area contributed by atoms with Gasteiger partial charge in [0.15, 0.2) is 12.6 Å². The van der Waals surface area contributed by atoms with Crippen LogP contribution < -0.4 is 0 Å². The smallest absolute Gasteiger partial charge is 0.160 e. The minimum absolute atomic E-state index is 0.147. The Morgan fingerprint density at radius 1 is 0.545 bits per heavy atom. The van der Waals surface area contributed by atoms with Crippen molar-refractivity contribution < 1.29 is 14.2 Å². The molecular weight excluding hydrogens is 544 g/mol. The summed E-state index contributed by atoms with van der Waals surface area (Å²) in [6.07, 6.45) is 15.9. The largest absolute Gasteiger partial charge is 0.353 e. The molecule has 200 valence electrons. The lowest BCUT2D eigenvalue weighted by Crippen LogP contribution is -2.28. The number of hydrogen-bond donors (Lipinski definition) is 0. The van der Waals surface area contributed by atoms with Gasteiger partial charge < -0.3 is 14.2 Å². The van der Waals surface area contributed by atoms with Gasteiger partial charge in [-0.25, -0.2) is 0 Å². The molecule has 0 bridgehead atoms. The van der Waals surface area contributed by atoms with Crippen molar-refractivity contribution in [2.24, 2.45) is 11.8 Å². The second kappa shape index (κ2) is 23.3. The summed E-state index contributed by atoms with van der Waals surface area (Å²) in [5.74, 6) is 1.44. The van der Waals surface area contributed by atoms with Gasteiger partial charge in [-0.15, -0.1) is 0 Å². The van der Waals surface area contributed by atoms with E-state index in [1.165, 1.54) is 51.4 Å². The maximum absolute atomic E-state index is 6.47. The van der Waals surface area contributed by atoms with Crippen LogP contribution >= 0.6 is 31.9 Å². The zero-order chi connectivity index (χ0) is 24.9. The number of alkyl halides is 2. The summed E-state index contributed by atoms with van der Waals surface area (Å²) >= 11 is 7.38. The molecule has 0 aliphatic rings. The third-order valence-corrected chi connectivity index (χ3v) is 6.88. The van der Waals surface area contributed by atoms with Gasteiger partial charge in [-0.05, 0) is 63.2 Å². The summed E-state index contributed by atoms with van der Waals surface area (Å²) in [6.45, 7) is 15.2. The molecule has 0 aromatic heterocycles. The van der Waals surface area contributed by atoms with Crippen LogP contribution in [-0.2, 0) is 14.2 Å². The highest BCUT2D eigenvalue weighted by Crippen LogP contribution is 2.23. The number of rotatable bonds is 24. The van der Waals surface area contributed by atoms with E-state index in [1.807, 2.05) is 0 Å². The summed E-state index contributed by atoms with van der Waals surface area (Å²) in [6, 6.07) is 0. The van der Waals surface area contributed by atoms with Crippen molar-refractivity contribution in [1.29, 1.82) is 0 Å². The summed E-state index contributed by atoms with van der Waals surface area (Å²) in [5, 5.41) is 0. The Labute approximate surface area is 224 Å². The molecule has 0 aromatic carbocycles. The van der Waals surface area contributed by atoms with Crippen LogP contribution in [0.2, 0.25) is 0 Å². The molecule has 0 radical (unpaired) electrons. The van der Waals surface area contributed by atoms with Crippen molar-refractivity contribution in [3.63, 3.8) is 0 Å². The first-order chi connectivity index (χ1) is 15.8. The van der Waals surface area contributed by atoms with E-state index in [-0.39, 0.29) is 12.6 Å². The number of hydrogen-bond acceptors (Lipinski definition) is 3. The first-order valence-electron chi connectivity index (χ1n) is 13.9. The second-order valence-corrected chi connectivity index (χ2v) is 13.4. The van der Waals surface area contributed by atoms with E-state index in [1.54, 1.807) is 0 Å². The van der Waals surface area contributed by atoms with Crippen LogP contribution in [0.1, 0.15) is 131 Å². The normalized spacial score (nSPS) is 17.5. The molecule has 0 heterocycles. The van der Waals surface area contributed by atoms with Crippen LogP contribution in [-0.4, -0.2) is 35.4 Å². The van der Waals surface area contributed by atoms with Crippen molar-refractivity contribution >= 4 is 31.9 Å². The zero-order valence-corrected chi connectivity index (χ0v) is 25.9. The lowest BCUT2D eigenvalue weighted by atomic mass is 9.99. The minimum Gasteiger partial charge on any atom is -0.353 e. The van der Waals surface area contributed by atoms with E-state index in [2.05, 4.69) is 73.4 Å². The Morgan fingerprint density at radius 2 is 0.939 bits per heavy atom. The topological polar surface area (TPSA) is 27.7 Å². The first-order valence-corrected chi connectivity index (χ1v) is 15.8. The van der Waals surface area contributed by atoms with Gasteiger partial charge in [-0.3, -0.25) is 0 Å². The van der Waals surface area contributed by atoms with E-state index >= 15 is 0 Å². The fourth-order valence-corrected chi connectivity index (χ4v) is 5.57. The molecule has 5 heteroatoms. The molecule has 0 saturated carbocycles. The third-order valence-electron chi connectivity index (χ3n) is 6.13. The van der Waals surface area contributed by atoms with E-state index in [0.717, 1.165) is 63.6 Å². The molecule has 0 amide bonds. The van der Waals surface area contributed by atoms with E-state index < -0.39 is 0 Å². The molecule has 0 fully saturated rings. The van der Waals surface area contributed by atoms with Gasteiger partial charge in [0.25, 0.3) is 0 Å². The average molecular weight is 601 g/mol. The molecule has 0 rings (SSSR count). The van der Waals surface area contributed by atoms with E-state index in [4.69, 9.17) is 14.2 Å². The molecule has 0 aliphatic carbocycles. The molecule has 0 saturated heterocycles. The van der Waals surface area contributed by atoms with Crippen LogP contribution in [0, 0.1) is 11.8 Å². The van der Waals surface area contributed by atoms with Crippen LogP contribution in [0.3, 0.4) is 0 Å². The van der Waals surface area contributed by atoms with Gasteiger partial charge in [-0.1, -0.05) is 112 Å². The van der Waals surface area contributed by atoms with E-state index in [9.17, 15) is 0 Å². The predicted molar refractivity (Wildman–Crippen MR) is 152 cm³/mol. The standard InChI is InChI=1S/C28H56Br2O3/c1-7-9-11-19-31-27(17-13-15-23(3)21-25(5)29)33-28(32-20-12-10-8-2)18-14-16-24(4)22-26(6)30/h23-28H,7-22H2,1-6H3. The molecule has 33 heavy (non-hydrogen) atoms. The van der Waals surface area contributed by atoms with Crippen LogP contribution in [0.15, 0.2) is 0 Å².